The van der Waals surface area contributed by atoms with E-state index in [2.05, 4.69) is 0 Å². The lowest BCUT2D eigenvalue weighted by molar-refractivity contribution is 0.105. The second-order valence-electron chi connectivity index (χ2n) is 6.98. The van der Waals surface area contributed by atoms with Crippen LogP contribution in [0.5, 0.6) is 0 Å². The molecule has 0 radical (unpaired) electrons. The average Bonchev–Trinajstić information content (AvgIpc) is 2.71. The summed E-state index contributed by atoms with van der Waals surface area (Å²) in [5, 5.41) is 18.9. The summed E-state index contributed by atoms with van der Waals surface area (Å²) in [5.41, 5.74) is 6.99. The maximum atomic E-state index is 13.2. The largest absolute Gasteiger partial charge is 0.288 e. The molecule has 0 aliphatic heterocycles. The predicted octanol–water partition coefficient (Wildman–Crippen LogP) is 5.63. The monoisotopic (exact) mass is 360 g/mol. The fourth-order valence-corrected chi connectivity index (χ4v) is 3.63. The molecule has 4 rings (SSSR count). The highest BCUT2D eigenvalue weighted by Crippen LogP contribution is 2.42. The molecular formula is C25H16N2O. The number of hydrogen-bond acceptors (Lipinski definition) is 3. The molecule has 0 amide bonds. The van der Waals surface area contributed by atoms with Gasteiger partial charge in [0.15, 0.2) is 5.78 Å². The minimum absolute atomic E-state index is 0.153. The van der Waals surface area contributed by atoms with Crippen molar-refractivity contribution in [3.05, 3.63) is 88.5 Å². The van der Waals surface area contributed by atoms with Crippen molar-refractivity contribution < 1.29 is 4.79 Å². The van der Waals surface area contributed by atoms with Gasteiger partial charge in [0, 0.05) is 5.56 Å². The van der Waals surface area contributed by atoms with Crippen molar-refractivity contribution in [2.24, 2.45) is 0 Å². The predicted molar refractivity (Wildman–Crippen MR) is 109 cm³/mol. The number of carbonyl (C=O) groups excluding carboxylic acids is 1. The van der Waals surface area contributed by atoms with Crippen LogP contribution in [0.1, 0.15) is 27.0 Å². The van der Waals surface area contributed by atoms with E-state index in [-0.39, 0.29) is 16.9 Å². The van der Waals surface area contributed by atoms with Crippen LogP contribution in [0.3, 0.4) is 0 Å². The molecule has 0 atom stereocenters. The summed E-state index contributed by atoms with van der Waals surface area (Å²) in [4.78, 5) is 13.2. The Labute approximate surface area is 163 Å². The molecule has 0 heterocycles. The summed E-state index contributed by atoms with van der Waals surface area (Å²) < 4.78 is 0. The molecule has 0 bridgehead atoms. The minimum Gasteiger partial charge on any atom is -0.288 e. The number of allylic oxidation sites excluding steroid dienone is 2. The number of ketones is 1. The zero-order valence-electron chi connectivity index (χ0n) is 15.6. The molecule has 0 saturated carbocycles. The van der Waals surface area contributed by atoms with Gasteiger partial charge in [-0.25, -0.2) is 0 Å². The third kappa shape index (κ3) is 2.71. The van der Waals surface area contributed by atoms with Gasteiger partial charge >= 0.3 is 0 Å². The SMILES string of the molecule is Cc1ccc(-c2ccc3c(c2)C(=C(C#N)C#N)C(=O)c2cc(C)ccc2-3)cc1. The first kappa shape index (κ1) is 17.5. The zero-order valence-corrected chi connectivity index (χ0v) is 15.6. The Kier molecular flexibility index (Phi) is 4.15. The number of hydrogen-bond donors (Lipinski definition) is 0. The third-order valence-electron chi connectivity index (χ3n) is 5.08. The van der Waals surface area contributed by atoms with Crippen molar-refractivity contribution in [1.29, 1.82) is 10.5 Å². The van der Waals surface area contributed by atoms with Crippen LogP contribution in [-0.4, -0.2) is 5.78 Å². The molecule has 0 saturated heterocycles. The van der Waals surface area contributed by atoms with E-state index >= 15 is 0 Å². The van der Waals surface area contributed by atoms with Gasteiger partial charge < -0.3 is 0 Å². The van der Waals surface area contributed by atoms with Gasteiger partial charge in [0.2, 0.25) is 0 Å². The van der Waals surface area contributed by atoms with E-state index in [1.165, 1.54) is 0 Å². The van der Waals surface area contributed by atoms with Gasteiger partial charge in [-0.3, -0.25) is 4.79 Å². The van der Waals surface area contributed by atoms with Gasteiger partial charge in [0.25, 0.3) is 0 Å². The summed E-state index contributed by atoms with van der Waals surface area (Å²) in [6.07, 6.45) is 0. The van der Waals surface area contributed by atoms with E-state index in [0.717, 1.165) is 33.4 Å². The van der Waals surface area contributed by atoms with Crippen LogP contribution in [0, 0.1) is 36.5 Å². The average molecular weight is 360 g/mol. The van der Waals surface area contributed by atoms with Crippen LogP contribution in [-0.2, 0) is 0 Å². The summed E-state index contributed by atoms with van der Waals surface area (Å²) in [6.45, 7) is 3.95. The number of fused-ring (bicyclic) bond motifs is 3. The standard InChI is InChI=1S/C25H16N2O/c1-15-3-6-17(7-4-15)18-8-10-20-21-9-5-16(2)11-23(21)25(28)24(22(20)12-18)19(13-26)14-27/h3-12H,1-2H3. The number of aryl methyl sites for hydroxylation is 2. The van der Waals surface area contributed by atoms with E-state index in [9.17, 15) is 15.3 Å². The fraction of sp³-hybridized carbons (Fsp3) is 0.0800. The highest BCUT2D eigenvalue weighted by atomic mass is 16.1. The number of Topliss-reactive ketones (excluding diaryl/α,β-unsaturated/α-hetero) is 1. The van der Waals surface area contributed by atoms with Gasteiger partial charge in [-0.05, 0) is 53.8 Å². The molecule has 0 aromatic heterocycles. The van der Waals surface area contributed by atoms with Crippen LogP contribution in [0.15, 0.2) is 66.2 Å². The molecule has 28 heavy (non-hydrogen) atoms. The summed E-state index contributed by atoms with van der Waals surface area (Å²) >= 11 is 0. The lowest BCUT2D eigenvalue weighted by Gasteiger charge is -2.23. The second kappa shape index (κ2) is 6.65. The van der Waals surface area contributed by atoms with Crippen molar-refractivity contribution in [3.63, 3.8) is 0 Å². The van der Waals surface area contributed by atoms with Gasteiger partial charge in [-0.2, -0.15) is 10.5 Å². The van der Waals surface area contributed by atoms with Gasteiger partial charge in [0.05, 0.1) is 5.57 Å². The molecule has 132 valence electrons. The lowest BCUT2D eigenvalue weighted by Crippen LogP contribution is -2.13. The zero-order chi connectivity index (χ0) is 19.8. The number of carbonyl (C=O) groups is 1. The molecule has 3 nitrogen and oxygen atoms in total. The van der Waals surface area contributed by atoms with Gasteiger partial charge in [0.1, 0.15) is 17.7 Å². The minimum atomic E-state index is -0.273. The maximum Gasteiger partial charge on any atom is 0.196 e. The van der Waals surface area contributed by atoms with Crippen molar-refractivity contribution in [2.75, 3.05) is 0 Å². The highest BCUT2D eigenvalue weighted by molar-refractivity contribution is 6.36. The Hall–Kier alpha value is -3.95. The first-order chi connectivity index (χ1) is 13.5. The molecular weight excluding hydrogens is 344 g/mol. The van der Waals surface area contributed by atoms with E-state index in [1.807, 2.05) is 86.6 Å². The number of benzene rings is 3. The van der Waals surface area contributed by atoms with Crippen LogP contribution in [0.4, 0.5) is 0 Å². The van der Waals surface area contributed by atoms with Crippen molar-refractivity contribution in [2.45, 2.75) is 13.8 Å². The van der Waals surface area contributed by atoms with Crippen LogP contribution in [0.25, 0.3) is 27.8 Å². The second-order valence-corrected chi connectivity index (χ2v) is 6.98. The Morgan fingerprint density at radius 1 is 0.679 bits per heavy atom. The maximum absolute atomic E-state index is 13.2. The summed E-state index contributed by atoms with van der Waals surface area (Å²) in [6, 6.07) is 23.5. The smallest absolute Gasteiger partial charge is 0.196 e. The van der Waals surface area contributed by atoms with E-state index in [1.54, 1.807) is 0 Å². The topological polar surface area (TPSA) is 64.7 Å². The first-order valence-corrected chi connectivity index (χ1v) is 8.95. The van der Waals surface area contributed by atoms with Crippen molar-refractivity contribution in [3.8, 4) is 34.4 Å². The van der Waals surface area contributed by atoms with E-state index in [0.29, 0.717) is 11.1 Å². The van der Waals surface area contributed by atoms with Crippen LogP contribution >= 0.6 is 0 Å². The Morgan fingerprint density at radius 2 is 1.25 bits per heavy atom. The van der Waals surface area contributed by atoms with Gasteiger partial charge in [-0.1, -0.05) is 59.7 Å². The first-order valence-electron chi connectivity index (χ1n) is 8.95. The third-order valence-corrected chi connectivity index (χ3v) is 5.08. The normalized spacial score (nSPS) is 11.9. The number of rotatable bonds is 1. The molecule has 0 N–H and O–H groups in total. The van der Waals surface area contributed by atoms with Crippen LogP contribution < -0.4 is 0 Å². The molecule has 3 aromatic rings. The number of nitriles is 2. The van der Waals surface area contributed by atoms with Crippen LogP contribution in [0.2, 0.25) is 0 Å². The molecule has 0 spiro atoms. The van der Waals surface area contributed by atoms with Crippen molar-refractivity contribution >= 4 is 11.4 Å². The quantitative estimate of drug-likeness (QED) is 0.417. The van der Waals surface area contributed by atoms with Gasteiger partial charge in [-0.15, -0.1) is 0 Å². The molecule has 3 aromatic carbocycles. The Bertz CT molecular complexity index is 1230. The molecule has 3 heteroatoms. The Balaban J connectivity index is 2.04. The molecule has 1 aliphatic rings. The fourth-order valence-electron chi connectivity index (χ4n) is 3.63. The molecule has 0 fully saturated rings. The van der Waals surface area contributed by atoms with Crippen molar-refractivity contribution in [1.82, 2.24) is 0 Å². The van der Waals surface area contributed by atoms with E-state index < -0.39 is 0 Å². The van der Waals surface area contributed by atoms with E-state index in [4.69, 9.17) is 0 Å². The molecule has 0 unspecified atom stereocenters. The number of nitrogens with zero attached hydrogens (tertiary/aromatic N) is 2. The summed E-state index contributed by atoms with van der Waals surface area (Å²) in [5.74, 6) is -0.273. The highest BCUT2D eigenvalue weighted by Gasteiger charge is 2.30. The summed E-state index contributed by atoms with van der Waals surface area (Å²) in [7, 11) is 0. The lowest BCUT2D eigenvalue weighted by atomic mass is 9.78. The Morgan fingerprint density at radius 3 is 1.93 bits per heavy atom. The molecule has 1 aliphatic carbocycles.